The van der Waals surface area contributed by atoms with Gasteiger partial charge in [-0.3, -0.25) is 9.89 Å². The SMILES string of the molecule is CC(Cc1ccc2c(c1)C(C(C)C)C(=O)N2)c1[nH]nc2ccccc12. The number of aromatic amines is 1. The van der Waals surface area contributed by atoms with E-state index in [0.29, 0.717) is 11.8 Å². The van der Waals surface area contributed by atoms with Crippen LogP contribution < -0.4 is 5.32 Å². The summed E-state index contributed by atoms with van der Waals surface area (Å²) in [5.74, 6) is 0.700. The molecule has 1 aliphatic rings. The lowest BCUT2D eigenvalue weighted by Crippen LogP contribution is -2.16. The highest BCUT2D eigenvalue weighted by molar-refractivity contribution is 6.03. The number of amides is 1. The molecule has 2 unspecified atom stereocenters. The van der Waals surface area contributed by atoms with Crippen molar-refractivity contribution in [1.82, 2.24) is 10.2 Å². The highest BCUT2D eigenvalue weighted by Gasteiger charge is 2.33. The van der Waals surface area contributed by atoms with Gasteiger partial charge in [-0.05, 0) is 35.6 Å². The van der Waals surface area contributed by atoms with Crippen molar-refractivity contribution in [2.45, 2.75) is 39.0 Å². The van der Waals surface area contributed by atoms with Crippen LogP contribution in [0.4, 0.5) is 5.69 Å². The summed E-state index contributed by atoms with van der Waals surface area (Å²) in [6, 6.07) is 14.6. The average molecular weight is 333 g/mol. The van der Waals surface area contributed by atoms with Gasteiger partial charge in [0.15, 0.2) is 0 Å². The summed E-state index contributed by atoms with van der Waals surface area (Å²) < 4.78 is 0. The van der Waals surface area contributed by atoms with Gasteiger partial charge in [0.05, 0.1) is 11.4 Å². The highest BCUT2D eigenvalue weighted by atomic mass is 16.2. The van der Waals surface area contributed by atoms with E-state index in [1.807, 2.05) is 24.3 Å². The summed E-state index contributed by atoms with van der Waals surface area (Å²) in [7, 11) is 0. The van der Waals surface area contributed by atoms with E-state index in [0.717, 1.165) is 23.2 Å². The Morgan fingerprint density at radius 3 is 2.72 bits per heavy atom. The van der Waals surface area contributed by atoms with Crippen molar-refractivity contribution in [3.05, 3.63) is 59.3 Å². The topological polar surface area (TPSA) is 57.8 Å². The monoisotopic (exact) mass is 333 g/mol. The number of carbonyl (C=O) groups is 1. The molecule has 0 aliphatic carbocycles. The zero-order valence-corrected chi connectivity index (χ0v) is 14.8. The molecule has 1 aliphatic heterocycles. The van der Waals surface area contributed by atoms with E-state index < -0.39 is 0 Å². The van der Waals surface area contributed by atoms with Gasteiger partial charge in [0.25, 0.3) is 0 Å². The van der Waals surface area contributed by atoms with E-state index >= 15 is 0 Å². The van der Waals surface area contributed by atoms with E-state index in [2.05, 4.69) is 54.5 Å². The lowest BCUT2D eigenvalue weighted by Gasteiger charge is -2.15. The molecule has 3 aromatic rings. The molecule has 0 fully saturated rings. The van der Waals surface area contributed by atoms with Crippen LogP contribution in [-0.2, 0) is 11.2 Å². The number of anilines is 1. The van der Waals surface area contributed by atoms with Crippen LogP contribution in [0.15, 0.2) is 42.5 Å². The number of rotatable bonds is 4. The fourth-order valence-electron chi connectivity index (χ4n) is 3.93. The van der Waals surface area contributed by atoms with Crippen molar-refractivity contribution in [3.8, 4) is 0 Å². The molecule has 2 atom stereocenters. The minimum atomic E-state index is -0.0433. The molecular formula is C21H23N3O. The third kappa shape index (κ3) is 2.72. The summed E-state index contributed by atoms with van der Waals surface area (Å²) in [6.07, 6.45) is 0.915. The van der Waals surface area contributed by atoms with E-state index in [1.165, 1.54) is 16.6 Å². The quantitative estimate of drug-likeness (QED) is 0.733. The van der Waals surface area contributed by atoms with Crippen LogP contribution in [0, 0.1) is 5.92 Å². The highest BCUT2D eigenvalue weighted by Crippen LogP contribution is 2.38. The normalized spacial score (nSPS) is 17.8. The second-order valence-corrected chi connectivity index (χ2v) is 7.39. The Morgan fingerprint density at radius 2 is 1.92 bits per heavy atom. The van der Waals surface area contributed by atoms with Crippen LogP contribution in [0.5, 0.6) is 0 Å². The number of para-hydroxylation sites is 1. The standard InChI is InChI=1S/C21H23N3O/c1-12(2)19-16-11-14(8-9-17(16)22-21(19)25)10-13(3)20-15-6-4-5-7-18(15)23-24-20/h4-9,11-13,19H,10H2,1-3H3,(H,22,25)(H,23,24). The van der Waals surface area contributed by atoms with Crippen molar-refractivity contribution in [1.29, 1.82) is 0 Å². The lowest BCUT2D eigenvalue weighted by molar-refractivity contribution is -0.117. The van der Waals surface area contributed by atoms with Gasteiger partial charge in [-0.1, -0.05) is 51.1 Å². The molecule has 1 amide bonds. The molecule has 2 heterocycles. The minimum Gasteiger partial charge on any atom is -0.325 e. The zero-order valence-electron chi connectivity index (χ0n) is 14.8. The van der Waals surface area contributed by atoms with Gasteiger partial charge in [0.2, 0.25) is 5.91 Å². The van der Waals surface area contributed by atoms with Gasteiger partial charge in [0.1, 0.15) is 0 Å². The predicted octanol–water partition coefficient (Wildman–Crippen LogP) is 4.60. The third-order valence-corrected chi connectivity index (χ3v) is 5.18. The number of aromatic nitrogens is 2. The molecule has 0 bridgehead atoms. The fraction of sp³-hybridized carbons (Fsp3) is 0.333. The van der Waals surface area contributed by atoms with Crippen LogP contribution in [0.2, 0.25) is 0 Å². The first kappa shape index (κ1) is 15.9. The Balaban J connectivity index is 1.63. The van der Waals surface area contributed by atoms with Gasteiger partial charge >= 0.3 is 0 Å². The van der Waals surface area contributed by atoms with Crippen LogP contribution in [0.25, 0.3) is 10.9 Å². The number of hydrogen-bond donors (Lipinski definition) is 2. The molecule has 2 N–H and O–H groups in total. The molecule has 4 nitrogen and oxygen atoms in total. The minimum absolute atomic E-state index is 0.0433. The first-order valence-electron chi connectivity index (χ1n) is 8.91. The fourth-order valence-corrected chi connectivity index (χ4v) is 3.93. The van der Waals surface area contributed by atoms with Crippen LogP contribution in [-0.4, -0.2) is 16.1 Å². The average Bonchev–Trinajstić information content (AvgIpc) is 3.14. The van der Waals surface area contributed by atoms with Crippen molar-refractivity contribution in [3.63, 3.8) is 0 Å². The molecule has 128 valence electrons. The van der Waals surface area contributed by atoms with E-state index in [-0.39, 0.29) is 11.8 Å². The summed E-state index contributed by atoms with van der Waals surface area (Å²) in [4.78, 5) is 12.2. The predicted molar refractivity (Wildman–Crippen MR) is 101 cm³/mol. The number of nitrogens with zero attached hydrogens (tertiary/aromatic N) is 1. The maximum atomic E-state index is 12.2. The number of H-pyrrole nitrogens is 1. The Labute approximate surface area is 147 Å². The molecule has 25 heavy (non-hydrogen) atoms. The number of benzene rings is 2. The summed E-state index contributed by atoms with van der Waals surface area (Å²) in [5.41, 5.74) is 5.54. The number of carbonyl (C=O) groups excluding carboxylic acids is 1. The molecule has 0 saturated heterocycles. The molecular weight excluding hydrogens is 310 g/mol. The Bertz CT molecular complexity index is 941. The van der Waals surface area contributed by atoms with Crippen LogP contribution >= 0.6 is 0 Å². The Morgan fingerprint density at radius 1 is 1.12 bits per heavy atom. The van der Waals surface area contributed by atoms with Gasteiger partial charge in [-0.2, -0.15) is 5.10 Å². The first-order chi connectivity index (χ1) is 12.0. The summed E-state index contributed by atoms with van der Waals surface area (Å²) >= 11 is 0. The molecule has 0 radical (unpaired) electrons. The molecule has 2 aromatic carbocycles. The van der Waals surface area contributed by atoms with Crippen molar-refractivity contribution < 1.29 is 4.79 Å². The Hall–Kier alpha value is -2.62. The summed E-state index contributed by atoms with van der Waals surface area (Å²) in [5, 5.41) is 11.8. The van der Waals surface area contributed by atoms with E-state index in [9.17, 15) is 4.79 Å². The lowest BCUT2D eigenvalue weighted by atomic mass is 9.87. The van der Waals surface area contributed by atoms with Crippen molar-refractivity contribution >= 4 is 22.5 Å². The first-order valence-corrected chi connectivity index (χ1v) is 8.91. The van der Waals surface area contributed by atoms with Crippen molar-refractivity contribution in [2.75, 3.05) is 5.32 Å². The van der Waals surface area contributed by atoms with E-state index in [1.54, 1.807) is 0 Å². The van der Waals surface area contributed by atoms with Gasteiger partial charge in [-0.15, -0.1) is 0 Å². The number of nitrogens with one attached hydrogen (secondary N) is 2. The van der Waals surface area contributed by atoms with Crippen LogP contribution in [0.1, 0.15) is 49.4 Å². The van der Waals surface area contributed by atoms with Gasteiger partial charge in [-0.25, -0.2) is 0 Å². The molecule has 0 saturated carbocycles. The molecule has 4 rings (SSSR count). The van der Waals surface area contributed by atoms with E-state index in [4.69, 9.17) is 0 Å². The largest absolute Gasteiger partial charge is 0.325 e. The second kappa shape index (κ2) is 6.03. The van der Waals surface area contributed by atoms with Crippen molar-refractivity contribution in [2.24, 2.45) is 5.92 Å². The third-order valence-electron chi connectivity index (χ3n) is 5.18. The van der Waals surface area contributed by atoms with Gasteiger partial charge < -0.3 is 5.32 Å². The number of hydrogen-bond acceptors (Lipinski definition) is 2. The van der Waals surface area contributed by atoms with Crippen LogP contribution in [0.3, 0.4) is 0 Å². The van der Waals surface area contributed by atoms with Gasteiger partial charge in [0, 0.05) is 22.7 Å². The summed E-state index contributed by atoms with van der Waals surface area (Å²) in [6.45, 7) is 6.42. The molecule has 0 spiro atoms. The smallest absolute Gasteiger partial charge is 0.232 e. The Kier molecular flexibility index (Phi) is 3.83. The molecule has 1 aromatic heterocycles. The zero-order chi connectivity index (χ0) is 17.6. The number of fused-ring (bicyclic) bond motifs is 2. The maximum Gasteiger partial charge on any atom is 0.232 e. The second-order valence-electron chi connectivity index (χ2n) is 7.39. The maximum absolute atomic E-state index is 12.2. The molecule has 4 heteroatoms.